The second-order valence-electron chi connectivity index (χ2n) is 9.33. The zero-order chi connectivity index (χ0) is 21.8. The van der Waals surface area contributed by atoms with Crippen molar-refractivity contribution >= 4 is 5.57 Å². The lowest BCUT2D eigenvalue weighted by Crippen LogP contribution is -2.53. The van der Waals surface area contributed by atoms with E-state index in [9.17, 15) is 9.50 Å². The molecule has 31 heavy (non-hydrogen) atoms. The number of piperidine rings is 1. The molecule has 3 aromatic rings. The van der Waals surface area contributed by atoms with Crippen molar-refractivity contribution in [2.24, 2.45) is 5.92 Å². The number of hydrogen-bond donors (Lipinski definition) is 2. The number of fused-ring (bicyclic) bond motifs is 2. The molecule has 0 spiro atoms. The highest BCUT2D eigenvalue weighted by Crippen LogP contribution is 2.47. The van der Waals surface area contributed by atoms with Crippen molar-refractivity contribution < 1.29 is 9.50 Å². The summed E-state index contributed by atoms with van der Waals surface area (Å²) in [6, 6.07) is 2.54. The Balaban J connectivity index is 1.39. The van der Waals surface area contributed by atoms with Gasteiger partial charge in [-0.05, 0) is 57.1 Å². The van der Waals surface area contributed by atoms with Crippen LogP contribution in [0.2, 0.25) is 0 Å². The van der Waals surface area contributed by atoms with E-state index >= 15 is 0 Å². The predicted octanol–water partition coefficient (Wildman–Crippen LogP) is 3.89. The molecule has 4 heterocycles. The van der Waals surface area contributed by atoms with E-state index in [1.807, 2.05) is 0 Å². The molecule has 2 bridgehead atoms. The molecular weight excluding hydrogens is 395 g/mol. The highest BCUT2D eigenvalue weighted by molar-refractivity contribution is 5.67. The number of imidazole rings is 1. The monoisotopic (exact) mass is 420 g/mol. The molecule has 2 aliphatic rings. The molecule has 2 saturated heterocycles. The molecule has 0 aliphatic carbocycles. The first-order chi connectivity index (χ1) is 14.8. The van der Waals surface area contributed by atoms with Crippen LogP contribution in [0.4, 0.5) is 4.39 Å². The number of hydrogen-bond acceptors (Lipinski definition) is 6. The maximum absolute atomic E-state index is 14.6. The fourth-order valence-electron chi connectivity index (χ4n) is 5.20. The number of aromatic nitrogens is 5. The summed E-state index contributed by atoms with van der Waals surface area (Å²) in [7, 11) is 0. The van der Waals surface area contributed by atoms with E-state index in [0.29, 0.717) is 11.6 Å². The third-order valence-electron chi connectivity index (χ3n) is 6.70. The maximum Gasteiger partial charge on any atom is 0.185 e. The van der Waals surface area contributed by atoms with Crippen molar-refractivity contribution in [3.8, 4) is 22.8 Å². The van der Waals surface area contributed by atoms with E-state index in [2.05, 4.69) is 45.9 Å². The van der Waals surface area contributed by atoms with Crippen LogP contribution in [-0.4, -0.2) is 40.9 Å². The Hall–Kier alpha value is -3.13. The van der Waals surface area contributed by atoms with Gasteiger partial charge in [0.15, 0.2) is 5.82 Å². The minimum atomic E-state index is -0.519. The molecule has 5 rings (SSSR count). The van der Waals surface area contributed by atoms with Crippen LogP contribution in [0.15, 0.2) is 43.6 Å². The minimum Gasteiger partial charge on any atom is -0.507 e. The number of nitrogens with zero attached hydrogens (tertiary/aromatic N) is 5. The molecule has 2 N–H and O–H groups in total. The van der Waals surface area contributed by atoms with Gasteiger partial charge in [0.1, 0.15) is 17.3 Å². The Morgan fingerprint density at radius 2 is 1.97 bits per heavy atom. The van der Waals surface area contributed by atoms with E-state index in [4.69, 9.17) is 0 Å². The second kappa shape index (κ2) is 6.95. The van der Waals surface area contributed by atoms with Crippen LogP contribution in [-0.2, 0) is 0 Å². The van der Waals surface area contributed by atoms with Gasteiger partial charge in [-0.1, -0.05) is 6.58 Å². The number of phenolic OH excluding ortho intramolecular Hbond substituents is 1. The minimum absolute atomic E-state index is 0.127. The summed E-state index contributed by atoms with van der Waals surface area (Å²) >= 11 is 0. The van der Waals surface area contributed by atoms with Crippen LogP contribution >= 0.6 is 0 Å². The SMILES string of the molecule is C=C(c1cnc(-c2cc(F)c(-n3ccnc3)cc2O)nn1)C1CC2(C)CCC(C)(C1)N2. The third kappa shape index (κ3) is 3.50. The third-order valence-corrected chi connectivity index (χ3v) is 6.70. The molecule has 8 heteroatoms. The average Bonchev–Trinajstić information content (AvgIpc) is 3.34. The number of benzene rings is 1. The largest absolute Gasteiger partial charge is 0.507 e. The summed E-state index contributed by atoms with van der Waals surface area (Å²) in [5.41, 5.74) is 2.20. The molecule has 1 aromatic carbocycles. The van der Waals surface area contributed by atoms with Gasteiger partial charge in [0.05, 0.1) is 23.8 Å². The lowest BCUT2D eigenvalue weighted by atomic mass is 9.76. The number of nitrogens with one attached hydrogen (secondary N) is 1. The summed E-state index contributed by atoms with van der Waals surface area (Å²) < 4.78 is 16.1. The van der Waals surface area contributed by atoms with E-state index in [-0.39, 0.29) is 33.9 Å². The molecule has 2 aromatic heterocycles. The summed E-state index contributed by atoms with van der Waals surface area (Å²) in [6.07, 6.45) is 10.6. The first-order valence-corrected chi connectivity index (χ1v) is 10.4. The summed E-state index contributed by atoms with van der Waals surface area (Å²) in [5.74, 6) is -0.181. The molecule has 0 radical (unpaired) electrons. The number of allylic oxidation sites excluding steroid dienone is 1. The first kappa shape index (κ1) is 19.8. The molecule has 2 aliphatic heterocycles. The van der Waals surface area contributed by atoms with Gasteiger partial charge in [-0.2, -0.15) is 0 Å². The number of halogens is 1. The standard InChI is InChI=1S/C23H25FN6O/c1-14(15-10-22(2)4-5-23(3,11-15)29-22)18-12-26-21(28-27-18)16-8-17(24)19(9-20(16)31)30-7-6-25-13-30/h6-9,12-13,15,29,31H,1,4-5,10-11H2,2-3H3. The van der Waals surface area contributed by atoms with E-state index < -0.39 is 5.82 Å². The van der Waals surface area contributed by atoms with Crippen molar-refractivity contribution in [2.45, 2.75) is 50.6 Å². The molecule has 0 saturated carbocycles. The van der Waals surface area contributed by atoms with Crippen LogP contribution in [0, 0.1) is 11.7 Å². The first-order valence-electron chi connectivity index (χ1n) is 10.4. The Morgan fingerprint density at radius 3 is 2.58 bits per heavy atom. The number of phenols is 1. The molecule has 2 fully saturated rings. The van der Waals surface area contributed by atoms with Crippen molar-refractivity contribution in [2.75, 3.05) is 0 Å². The quantitative estimate of drug-likeness (QED) is 0.666. The van der Waals surface area contributed by atoms with Gasteiger partial charge in [-0.3, -0.25) is 0 Å². The lowest BCUT2D eigenvalue weighted by molar-refractivity contribution is 0.201. The fraction of sp³-hybridized carbons (Fsp3) is 0.391. The summed E-state index contributed by atoms with van der Waals surface area (Å²) in [6.45, 7) is 8.84. The lowest BCUT2D eigenvalue weighted by Gasteiger charge is -2.42. The average molecular weight is 420 g/mol. The molecular formula is C23H25FN6O. The topological polar surface area (TPSA) is 88.8 Å². The van der Waals surface area contributed by atoms with E-state index in [1.165, 1.54) is 29.2 Å². The summed E-state index contributed by atoms with van der Waals surface area (Å²) in [4.78, 5) is 8.26. The zero-order valence-corrected chi connectivity index (χ0v) is 17.6. The van der Waals surface area contributed by atoms with Crippen molar-refractivity contribution in [1.29, 1.82) is 0 Å². The molecule has 2 unspecified atom stereocenters. The van der Waals surface area contributed by atoms with Gasteiger partial charge in [-0.15, -0.1) is 10.2 Å². The van der Waals surface area contributed by atoms with Crippen molar-refractivity contribution in [1.82, 2.24) is 30.0 Å². The molecule has 0 amide bonds. The fourth-order valence-corrected chi connectivity index (χ4v) is 5.20. The van der Waals surface area contributed by atoms with Crippen molar-refractivity contribution in [3.63, 3.8) is 0 Å². The normalized spacial score (nSPS) is 27.4. The van der Waals surface area contributed by atoms with Gasteiger partial charge < -0.3 is 15.0 Å². The van der Waals surface area contributed by atoms with Gasteiger partial charge in [0.2, 0.25) is 0 Å². The van der Waals surface area contributed by atoms with Crippen LogP contribution in [0.3, 0.4) is 0 Å². The number of aromatic hydroxyl groups is 1. The second-order valence-corrected chi connectivity index (χ2v) is 9.33. The number of rotatable bonds is 4. The van der Waals surface area contributed by atoms with Crippen LogP contribution in [0.5, 0.6) is 5.75 Å². The van der Waals surface area contributed by atoms with Crippen LogP contribution < -0.4 is 5.32 Å². The highest BCUT2D eigenvalue weighted by atomic mass is 19.1. The van der Waals surface area contributed by atoms with Crippen LogP contribution in [0.25, 0.3) is 22.6 Å². The van der Waals surface area contributed by atoms with Gasteiger partial charge in [0.25, 0.3) is 0 Å². The Bertz CT molecular complexity index is 1130. The molecule has 160 valence electrons. The molecule has 2 atom stereocenters. The highest BCUT2D eigenvalue weighted by Gasteiger charge is 2.49. The van der Waals surface area contributed by atoms with E-state index in [1.54, 1.807) is 12.4 Å². The Labute approximate surface area is 180 Å². The Kier molecular flexibility index (Phi) is 4.44. The molecule has 7 nitrogen and oxygen atoms in total. The maximum atomic E-state index is 14.6. The smallest absolute Gasteiger partial charge is 0.185 e. The predicted molar refractivity (Wildman–Crippen MR) is 115 cm³/mol. The van der Waals surface area contributed by atoms with Gasteiger partial charge in [0, 0.05) is 29.5 Å². The zero-order valence-electron chi connectivity index (χ0n) is 17.6. The Morgan fingerprint density at radius 1 is 1.23 bits per heavy atom. The van der Waals surface area contributed by atoms with E-state index in [0.717, 1.165) is 31.3 Å². The van der Waals surface area contributed by atoms with Gasteiger partial charge in [-0.25, -0.2) is 14.4 Å². The van der Waals surface area contributed by atoms with Gasteiger partial charge >= 0.3 is 0 Å². The van der Waals surface area contributed by atoms with Crippen LogP contribution in [0.1, 0.15) is 45.2 Å². The summed E-state index contributed by atoms with van der Waals surface area (Å²) in [5, 5.41) is 22.7. The van der Waals surface area contributed by atoms with Crippen molar-refractivity contribution in [3.05, 3.63) is 55.1 Å².